The molecule has 0 aromatic heterocycles. The minimum absolute atomic E-state index is 0.00270. The Labute approximate surface area is 74.8 Å². The summed E-state index contributed by atoms with van der Waals surface area (Å²) in [7, 11) is 0. The van der Waals surface area contributed by atoms with E-state index < -0.39 is 0 Å². The SMILES string of the molecule is CC[C@@H](C)[C@H](C)NC(CO)CO. The maximum Gasteiger partial charge on any atom is 0.0607 e. The summed E-state index contributed by atoms with van der Waals surface area (Å²) in [6.07, 6.45) is 1.11. The number of nitrogens with one attached hydrogen (secondary N) is 1. The molecule has 0 aliphatic carbocycles. The van der Waals surface area contributed by atoms with Crippen LogP contribution in [0.1, 0.15) is 27.2 Å². The zero-order valence-electron chi connectivity index (χ0n) is 8.25. The lowest BCUT2D eigenvalue weighted by molar-refractivity contribution is 0.155. The van der Waals surface area contributed by atoms with Gasteiger partial charge in [-0.05, 0) is 12.8 Å². The van der Waals surface area contributed by atoms with Crippen molar-refractivity contribution in [3.05, 3.63) is 0 Å². The van der Waals surface area contributed by atoms with Crippen LogP contribution in [0.2, 0.25) is 0 Å². The van der Waals surface area contributed by atoms with Gasteiger partial charge in [0.2, 0.25) is 0 Å². The smallest absolute Gasteiger partial charge is 0.0607 e. The van der Waals surface area contributed by atoms with E-state index in [0.717, 1.165) is 6.42 Å². The highest BCUT2D eigenvalue weighted by atomic mass is 16.3. The third-order valence-corrected chi connectivity index (χ3v) is 2.44. The van der Waals surface area contributed by atoms with Gasteiger partial charge in [0.1, 0.15) is 0 Å². The Morgan fingerprint density at radius 2 is 1.67 bits per heavy atom. The van der Waals surface area contributed by atoms with E-state index in [4.69, 9.17) is 10.2 Å². The molecule has 0 radical (unpaired) electrons. The van der Waals surface area contributed by atoms with Crippen molar-refractivity contribution in [2.45, 2.75) is 39.3 Å². The largest absolute Gasteiger partial charge is 0.395 e. The second-order valence-electron chi connectivity index (χ2n) is 3.40. The molecule has 0 spiro atoms. The highest BCUT2D eigenvalue weighted by Gasteiger charge is 2.14. The average Bonchev–Trinajstić information content (AvgIpc) is 2.12. The van der Waals surface area contributed by atoms with E-state index in [1.807, 2.05) is 0 Å². The van der Waals surface area contributed by atoms with E-state index >= 15 is 0 Å². The van der Waals surface area contributed by atoms with Gasteiger partial charge < -0.3 is 15.5 Å². The molecule has 0 aliphatic rings. The fourth-order valence-corrected chi connectivity index (χ4v) is 1.05. The molecule has 0 saturated heterocycles. The van der Waals surface area contributed by atoms with Crippen LogP contribution in [0.4, 0.5) is 0 Å². The lowest BCUT2D eigenvalue weighted by Crippen LogP contribution is -2.44. The second-order valence-corrected chi connectivity index (χ2v) is 3.40. The van der Waals surface area contributed by atoms with Crippen molar-refractivity contribution in [2.75, 3.05) is 13.2 Å². The van der Waals surface area contributed by atoms with Crippen molar-refractivity contribution in [1.82, 2.24) is 5.32 Å². The summed E-state index contributed by atoms with van der Waals surface area (Å²) >= 11 is 0. The minimum Gasteiger partial charge on any atom is -0.395 e. The zero-order chi connectivity index (χ0) is 9.56. The highest BCUT2D eigenvalue weighted by Crippen LogP contribution is 2.06. The monoisotopic (exact) mass is 175 g/mol. The molecule has 0 heterocycles. The van der Waals surface area contributed by atoms with Gasteiger partial charge >= 0.3 is 0 Å². The van der Waals surface area contributed by atoms with Crippen LogP contribution in [0.25, 0.3) is 0 Å². The van der Waals surface area contributed by atoms with Gasteiger partial charge in [-0.3, -0.25) is 0 Å². The Morgan fingerprint density at radius 3 is 2.00 bits per heavy atom. The molecule has 0 aliphatic heterocycles. The van der Waals surface area contributed by atoms with Gasteiger partial charge in [-0.25, -0.2) is 0 Å². The summed E-state index contributed by atoms with van der Waals surface area (Å²) in [5, 5.41) is 20.8. The van der Waals surface area contributed by atoms with Crippen molar-refractivity contribution < 1.29 is 10.2 Å². The zero-order valence-corrected chi connectivity index (χ0v) is 8.25. The molecule has 0 amide bonds. The maximum atomic E-state index is 8.81. The minimum atomic E-state index is -0.172. The van der Waals surface area contributed by atoms with Crippen molar-refractivity contribution >= 4 is 0 Å². The van der Waals surface area contributed by atoms with Gasteiger partial charge in [0.15, 0.2) is 0 Å². The predicted octanol–water partition coefficient (Wildman–Crippen LogP) is 0.364. The summed E-state index contributed by atoms with van der Waals surface area (Å²) in [5.74, 6) is 0.575. The molecule has 0 aromatic carbocycles. The summed E-state index contributed by atoms with van der Waals surface area (Å²) in [4.78, 5) is 0. The van der Waals surface area contributed by atoms with Crippen LogP contribution >= 0.6 is 0 Å². The first-order chi connectivity index (χ1) is 5.65. The summed E-state index contributed by atoms with van der Waals surface area (Å²) in [6, 6.07) is 0.174. The predicted molar refractivity (Wildman–Crippen MR) is 50.0 cm³/mol. The van der Waals surface area contributed by atoms with Crippen LogP contribution in [0, 0.1) is 5.92 Å². The van der Waals surface area contributed by atoms with E-state index in [1.165, 1.54) is 0 Å². The molecule has 0 bridgehead atoms. The molecule has 0 fully saturated rings. The van der Waals surface area contributed by atoms with Crippen LogP contribution in [0.15, 0.2) is 0 Å². The summed E-state index contributed by atoms with van der Waals surface area (Å²) in [6.45, 7) is 6.36. The van der Waals surface area contributed by atoms with E-state index in [2.05, 4.69) is 26.1 Å². The molecular formula is C9H21NO2. The molecule has 0 unspecified atom stereocenters. The number of rotatable bonds is 6. The molecule has 12 heavy (non-hydrogen) atoms. The summed E-state index contributed by atoms with van der Waals surface area (Å²) in [5.41, 5.74) is 0. The third kappa shape index (κ3) is 4.04. The molecule has 3 nitrogen and oxygen atoms in total. The fourth-order valence-electron chi connectivity index (χ4n) is 1.05. The molecule has 0 aromatic rings. The normalized spacial score (nSPS) is 16.5. The van der Waals surface area contributed by atoms with Gasteiger partial charge in [-0.1, -0.05) is 20.3 Å². The standard InChI is InChI=1S/C9H21NO2/c1-4-7(2)8(3)10-9(5-11)6-12/h7-12H,4-6H2,1-3H3/t7-,8+/m1/s1. The molecule has 2 atom stereocenters. The molecule has 0 rings (SSSR count). The van der Waals surface area contributed by atoms with Crippen LogP contribution in [0.5, 0.6) is 0 Å². The first-order valence-corrected chi connectivity index (χ1v) is 4.63. The van der Waals surface area contributed by atoms with Crippen LogP contribution in [-0.4, -0.2) is 35.5 Å². The molecule has 0 saturated carbocycles. The van der Waals surface area contributed by atoms with Crippen molar-refractivity contribution in [1.29, 1.82) is 0 Å². The fraction of sp³-hybridized carbons (Fsp3) is 1.00. The van der Waals surface area contributed by atoms with E-state index in [1.54, 1.807) is 0 Å². The number of hydrogen-bond acceptors (Lipinski definition) is 3. The molecule has 3 N–H and O–H groups in total. The van der Waals surface area contributed by atoms with Crippen LogP contribution < -0.4 is 5.32 Å². The van der Waals surface area contributed by atoms with Gasteiger partial charge in [-0.15, -0.1) is 0 Å². The highest BCUT2D eigenvalue weighted by molar-refractivity contribution is 4.73. The lowest BCUT2D eigenvalue weighted by Gasteiger charge is -2.24. The van der Waals surface area contributed by atoms with Crippen molar-refractivity contribution in [3.8, 4) is 0 Å². The Balaban J connectivity index is 3.72. The van der Waals surface area contributed by atoms with E-state index in [0.29, 0.717) is 12.0 Å². The van der Waals surface area contributed by atoms with Gasteiger partial charge in [-0.2, -0.15) is 0 Å². The second kappa shape index (κ2) is 6.40. The lowest BCUT2D eigenvalue weighted by atomic mass is 10.0. The molecule has 3 heteroatoms. The molecular weight excluding hydrogens is 154 g/mol. The Hall–Kier alpha value is -0.120. The third-order valence-electron chi connectivity index (χ3n) is 2.44. The molecule has 74 valence electrons. The number of hydrogen-bond donors (Lipinski definition) is 3. The van der Waals surface area contributed by atoms with Gasteiger partial charge in [0.05, 0.1) is 19.3 Å². The van der Waals surface area contributed by atoms with Crippen LogP contribution in [-0.2, 0) is 0 Å². The van der Waals surface area contributed by atoms with Crippen molar-refractivity contribution in [2.24, 2.45) is 5.92 Å². The maximum absolute atomic E-state index is 8.81. The van der Waals surface area contributed by atoms with Gasteiger partial charge in [0.25, 0.3) is 0 Å². The number of aliphatic hydroxyl groups excluding tert-OH is 2. The Morgan fingerprint density at radius 1 is 1.17 bits per heavy atom. The first kappa shape index (κ1) is 11.9. The average molecular weight is 175 g/mol. The topological polar surface area (TPSA) is 52.5 Å². The Kier molecular flexibility index (Phi) is 6.34. The van der Waals surface area contributed by atoms with Crippen LogP contribution in [0.3, 0.4) is 0 Å². The first-order valence-electron chi connectivity index (χ1n) is 4.63. The van der Waals surface area contributed by atoms with E-state index in [-0.39, 0.29) is 19.3 Å². The Bertz CT molecular complexity index is 105. The van der Waals surface area contributed by atoms with E-state index in [9.17, 15) is 0 Å². The van der Waals surface area contributed by atoms with Crippen molar-refractivity contribution in [3.63, 3.8) is 0 Å². The number of aliphatic hydroxyl groups is 2. The van der Waals surface area contributed by atoms with Gasteiger partial charge in [0, 0.05) is 6.04 Å². The summed E-state index contributed by atoms with van der Waals surface area (Å²) < 4.78 is 0. The quantitative estimate of drug-likeness (QED) is 0.546.